The van der Waals surface area contributed by atoms with Crippen LogP contribution in [0.4, 0.5) is 0 Å². The summed E-state index contributed by atoms with van der Waals surface area (Å²) in [5, 5.41) is 11.9. The average Bonchev–Trinajstić information content (AvgIpc) is 2.80. The van der Waals surface area contributed by atoms with Gasteiger partial charge in [-0.05, 0) is 11.6 Å². The smallest absolute Gasteiger partial charge is 0.326 e. The highest BCUT2D eigenvalue weighted by molar-refractivity contribution is 5.86. The number of aromatic amines is 1. The molecule has 0 fully saturated rings. The second-order valence-corrected chi connectivity index (χ2v) is 3.83. The molecule has 2 atom stereocenters. The molecule has 1 aromatic carbocycles. The van der Waals surface area contributed by atoms with Crippen LogP contribution in [0.25, 0.3) is 10.9 Å². The number of rotatable bonds is 4. The Morgan fingerprint density at radius 1 is 1.56 bits per heavy atom. The number of carbonyl (C=O) groups is 2. The maximum atomic E-state index is 11.3. The van der Waals surface area contributed by atoms with E-state index in [4.69, 9.17) is 2.74 Å². The zero-order valence-electron chi connectivity index (χ0n) is 11.7. The van der Waals surface area contributed by atoms with Crippen LogP contribution in [0.2, 0.25) is 0 Å². The average molecular weight is 249 g/mol. The summed E-state index contributed by atoms with van der Waals surface area (Å²) >= 11 is 0. The van der Waals surface area contributed by atoms with E-state index in [0.717, 1.165) is 12.4 Å². The number of aromatic nitrogens is 1. The standard InChI is InChI=1S/C13H14N2O3/c1-8(16)15-12(13(17)18)6-9-7-14-11-5-3-2-4-10(9)11/h2-5,7,12,14H,6H2,1H3,(H,15,16)(H,17,18)/i6D,12D,13+1. The van der Waals surface area contributed by atoms with Crippen molar-refractivity contribution in [2.24, 2.45) is 0 Å². The number of aliphatic carboxylic acids is 1. The Labute approximate surface area is 107 Å². The topological polar surface area (TPSA) is 82.2 Å². The van der Waals surface area contributed by atoms with Gasteiger partial charge in [-0.3, -0.25) is 4.79 Å². The first-order chi connectivity index (χ1) is 9.36. The van der Waals surface area contributed by atoms with Gasteiger partial charge in [-0.25, -0.2) is 4.79 Å². The molecule has 2 aromatic rings. The summed E-state index contributed by atoms with van der Waals surface area (Å²) in [5.41, 5.74) is 1.10. The fourth-order valence-electron chi connectivity index (χ4n) is 1.71. The van der Waals surface area contributed by atoms with Crippen LogP contribution in [0, 0.1) is 0 Å². The van der Waals surface area contributed by atoms with Gasteiger partial charge in [0.05, 0.1) is 1.37 Å². The lowest BCUT2D eigenvalue weighted by molar-refractivity contribution is -0.141. The fourth-order valence-corrected chi connectivity index (χ4v) is 1.71. The maximum Gasteiger partial charge on any atom is 0.326 e. The van der Waals surface area contributed by atoms with Crippen molar-refractivity contribution < 1.29 is 17.4 Å². The van der Waals surface area contributed by atoms with Crippen LogP contribution in [-0.4, -0.2) is 28.0 Å². The predicted octanol–water partition coefficient (Wildman–Crippen LogP) is 1.30. The Morgan fingerprint density at radius 2 is 2.28 bits per heavy atom. The third kappa shape index (κ3) is 2.51. The number of benzene rings is 1. The van der Waals surface area contributed by atoms with Gasteiger partial charge in [-0.15, -0.1) is 0 Å². The number of amides is 1. The van der Waals surface area contributed by atoms with Crippen molar-refractivity contribution in [1.82, 2.24) is 10.3 Å². The molecule has 2 rings (SSSR count). The first-order valence-corrected chi connectivity index (χ1v) is 5.36. The monoisotopic (exact) mass is 249 g/mol. The van der Waals surface area contributed by atoms with Crippen molar-refractivity contribution in [3.8, 4) is 0 Å². The van der Waals surface area contributed by atoms with Gasteiger partial charge in [-0.1, -0.05) is 18.2 Å². The highest BCUT2D eigenvalue weighted by Crippen LogP contribution is 2.19. The zero-order chi connectivity index (χ0) is 14.9. The van der Waals surface area contributed by atoms with Gasteiger partial charge in [-0.2, -0.15) is 0 Å². The molecule has 0 spiro atoms. The van der Waals surface area contributed by atoms with Crippen LogP contribution < -0.4 is 5.32 Å². The van der Waals surface area contributed by atoms with E-state index in [-0.39, 0.29) is 0 Å². The lowest BCUT2D eigenvalue weighted by atomic mass is 10.1. The SMILES string of the molecule is [2H]C(c1c[nH]c2ccccc12)C([2H])(NC(C)=O)[13C](=O)O. The Hall–Kier alpha value is -2.30. The summed E-state index contributed by atoms with van der Waals surface area (Å²) in [7, 11) is 0. The number of fused-ring (bicyclic) bond motifs is 1. The molecule has 0 bridgehead atoms. The maximum absolute atomic E-state index is 11.3. The van der Waals surface area contributed by atoms with Crippen LogP contribution in [0.3, 0.4) is 0 Å². The summed E-state index contributed by atoms with van der Waals surface area (Å²) in [4.78, 5) is 25.3. The highest BCUT2D eigenvalue weighted by Gasteiger charge is 2.20. The van der Waals surface area contributed by atoms with Gasteiger partial charge in [0.2, 0.25) is 5.91 Å². The number of carboxylic acids is 1. The minimum Gasteiger partial charge on any atom is -0.480 e. The fraction of sp³-hybridized carbons (Fsp3) is 0.231. The molecule has 0 radical (unpaired) electrons. The summed E-state index contributed by atoms with van der Waals surface area (Å²) in [5.74, 6) is -2.24. The quantitative estimate of drug-likeness (QED) is 0.714. The molecule has 0 aliphatic heterocycles. The molecule has 0 aliphatic carbocycles. The molecule has 94 valence electrons. The molecule has 1 amide bonds. The third-order valence-corrected chi connectivity index (χ3v) is 2.46. The Kier molecular flexibility index (Phi) is 2.65. The van der Waals surface area contributed by atoms with E-state index < -0.39 is 24.3 Å². The van der Waals surface area contributed by atoms with Gasteiger partial charge >= 0.3 is 5.97 Å². The second kappa shape index (κ2) is 4.91. The molecule has 0 aliphatic rings. The van der Waals surface area contributed by atoms with Crippen molar-refractivity contribution in [2.45, 2.75) is 19.3 Å². The molecule has 3 N–H and O–H groups in total. The first kappa shape index (κ1) is 9.70. The van der Waals surface area contributed by atoms with Crippen LogP contribution >= 0.6 is 0 Å². The molecular formula is C13H14N2O3. The van der Waals surface area contributed by atoms with Gasteiger partial charge in [0.1, 0.15) is 6.02 Å². The van der Waals surface area contributed by atoms with Crippen LogP contribution in [0.5, 0.6) is 0 Å². The molecule has 5 heteroatoms. The number of carbonyl (C=O) groups excluding carboxylic acids is 1. The Morgan fingerprint density at radius 3 is 2.94 bits per heavy atom. The molecule has 18 heavy (non-hydrogen) atoms. The summed E-state index contributed by atoms with van der Waals surface area (Å²) < 4.78 is 16.0. The van der Waals surface area contributed by atoms with E-state index in [1.54, 1.807) is 24.3 Å². The Balaban J connectivity index is 2.49. The van der Waals surface area contributed by atoms with Gasteiger partial charge in [0, 0.05) is 31.8 Å². The summed E-state index contributed by atoms with van der Waals surface area (Å²) in [6.07, 6.45) is 0.0381. The van der Waals surface area contributed by atoms with Crippen LogP contribution in [0.15, 0.2) is 30.5 Å². The molecular weight excluding hydrogens is 233 g/mol. The largest absolute Gasteiger partial charge is 0.480 e. The number of hydrogen-bond acceptors (Lipinski definition) is 2. The lowest BCUT2D eigenvalue weighted by Crippen LogP contribution is -2.41. The van der Waals surface area contributed by atoms with Gasteiger partial charge in [0.15, 0.2) is 0 Å². The molecule has 0 saturated heterocycles. The highest BCUT2D eigenvalue weighted by atomic mass is 16.5. The summed E-state index contributed by atoms with van der Waals surface area (Å²) in [6.45, 7) is 1.12. The third-order valence-electron chi connectivity index (χ3n) is 2.46. The van der Waals surface area contributed by atoms with E-state index in [1.165, 1.54) is 6.20 Å². The molecule has 0 saturated carbocycles. The van der Waals surface area contributed by atoms with E-state index in [0.29, 0.717) is 10.9 Å². The number of carboxylic acid groups (broad SMARTS) is 1. The minimum atomic E-state index is -2.43. The van der Waals surface area contributed by atoms with E-state index in [2.05, 4.69) is 4.98 Å². The first-order valence-electron chi connectivity index (χ1n) is 6.44. The van der Waals surface area contributed by atoms with Gasteiger partial charge in [0.25, 0.3) is 0 Å². The lowest BCUT2D eigenvalue weighted by Gasteiger charge is -2.12. The van der Waals surface area contributed by atoms with Crippen molar-refractivity contribution in [2.75, 3.05) is 0 Å². The molecule has 5 nitrogen and oxygen atoms in total. The van der Waals surface area contributed by atoms with Crippen LogP contribution in [-0.2, 0) is 16.0 Å². The minimum absolute atomic E-state index is 0.353. The number of H-pyrrole nitrogens is 1. The number of hydrogen-bond donors (Lipinski definition) is 3. The van der Waals surface area contributed by atoms with Crippen molar-refractivity contribution in [1.29, 1.82) is 0 Å². The molecule has 1 heterocycles. The Bertz CT molecular complexity index is 670. The van der Waals surface area contributed by atoms with Gasteiger partial charge < -0.3 is 15.4 Å². The van der Waals surface area contributed by atoms with E-state index in [9.17, 15) is 14.7 Å². The second-order valence-electron chi connectivity index (χ2n) is 3.83. The molecule has 1 aromatic heterocycles. The van der Waals surface area contributed by atoms with Crippen LogP contribution in [0.1, 0.15) is 15.2 Å². The van der Waals surface area contributed by atoms with E-state index in [1.807, 2.05) is 5.32 Å². The van der Waals surface area contributed by atoms with E-state index >= 15 is 0 Å². The number of para-hydroxylation sites is 1. The van der Waals surface area contributed by atoms with Crippen molar-refractivity contribution in [3.05, 3.63) is 36.0 Å². The predicted molar refractivity (Wildman–Crippen MR) is 67.2 cm³/mol. The van der Waals surface area contributed by atoms with Crippen molar-refractivity contribution >= 4 is 22.8 Å². The summed E-state index contributed by atoms with van der Waals surface area (Å²) in [6, 6.07) is 4.66. The molecule has 2 unspecified atom stereocenters. The van der Waals surface area contributed by atoms with Crippen molar-refractivity contribution in [3.63, 3.8) is 0 Å². The zero-order valence-corrected chi connectivity index (χ0v) is 9.73. The number of nitrogens with one attached hydrogen (secondary N) is 2. The normalized spacial score (nSPS) is 17.4.